The lowest BCUT2D eigenvalue weighted by Gasteiger charge is -2.08. The summed E-state index contributed by atoms with van der Waals surface area (Å²) in [6.45, 7) is 4.60. The van der Waals surface area contributed by atoms with E-state index in [-0.39, 0.29) is 5.56 Å². The number of hydrogen-bond acceptors (Lipinski definition) is 3. The van der Waals surface area contributed by atoms with Gasteiger partial charge in [0.25, 0.3) is 5.56 Å². The zero-order valence-corrected chi connectivity index (χ0v) is 11.7. The predicted molar refractivity (Wildman–Crippen MR) is 77.3 cm³/mol. The zero-order valence-electron chi connectivity index (χ0n) is 10.9. The standard InChI is InChI=1S/C14H16ClN3O/c1-9(2)16-8-11-7-13(17-18-14(11)19)10-3-5-12(15)6-4-10/h3-7,9,16H,8H2,1-2H3,(H,18,19). The van der Waals surface area contributed by atoms with Crippen LogP contribution in [0.15, 0.2) is 35.1 Å². The van der Waals surface area contributed by atoms with Crippen LogP contribution in [0.5, 0.6) is 0 Å². The molecular weight excluding hydrogens is 262 g/mol. The molecule has 1 aromatic carbocycles. The molecule has 5 heteroatoms. The molecule has 4 nitrogen and oxygen atoms in total. The maximum Gasteiger partial charge on any atom is 0.268 e. The van der Waals surface area contributed by atoms with Gasteiger partial charge < -0.3 is 5.32 Å². The molecule has 100 valence electrons. The highest BCUT2D eigenvalue weighted by atomic mass is 35.5. The Hall–Kier alpha value is -1.65. The number of aromatic amines is 1. The van der Waals surface area contributed by atoms with Crippen LogP contribution < -0.4 is 10.9 Å². The average molecular weight is 278 g/mol. The Balaban J connectivity index is 2.30. The van der Waals surface area contributed by atoms with Crippen LogP contribution >= 0.6 is 11.6 Å². The minimum Gasteiger partial charge on any atom is -0.310 e. The van der Waals surface area contributed by atoms with Crippen molar-refractivity contribution in [3.8, 4) is 11.3 Å². The zero-order chi connectivity index (χ0) is 13.8. The van der Waals surface area contributed by atoms with Crippen molar-refractivity contribution < 1.29 is 0 Å². The van der Waals surface area contributed by atoms with Crippen molar-refractivity contribution in [2.45, 2.75) is 26.4 Å². The summed E-state index contributed by atoms with van der Waals surface area (Å²) in [5.41, 5.74) is 2.17. The van der Waals surface area contributed by atoms with Crippen LogP contribution in [-0.2, 0) is 6.54 Å². The van der Waals surface area contributed by atoms with Gasteiger partial charge in [-0.3, -0.25) is 4.79 Å². The molecule has 0 unspecified atom stereocenters. The van der Waals surface area contributed by atoms with Gasteiger partial charge in [-0.15, -0.1) is 0 Å². The number of nitrogens with one attached hydrogen (secondary N) is 2. The summed E-state index contributed by atoms with van der Waals surface area (Å²) >= 11 is 5.85. The van der Waals surface area contributed by atoms with E-state index in [2.05, 4.69) is 15.5 Å². The smallest absolute Gasteiger partial charge is 0.268 e. The van der Waals surface area contributed by atoms with E-state index in [4.69, 9.17) is 11.6 Å². The van der Waals surface area contributed by atoms with E-state index in [1.807, 2.05) is 26.0 Å². The summed E-state index contributed by atoms with van der Waals surface area (Å²) in [7, 11) is 0. The van der Waals surface area contributed by atoms with Gasteiger partial charge in [0.1, 0.15) is 0 Å². The fourth-order valence-corrected chi connectivity index (χ4v) is 1.79. The van der Waals surface area contributed by atoms with Crippen molar-refractivity contribution in [3.63, 3.8) is 0 Å². The van der Waals surface area contributed by atoms with E-state index in [0.29, 0.717) is 23.2 Å². The number of rotatable bonds is 4. The molecule has 0 spiro atoms. The van der Waals surface area contributed by atoms with Crippen LogP contribution in [0.2, 0.25) is 5.02 Å². The summed E-state index contributed by atoms with van der Waals surface area (Å²) in [6, 6.07) is 9.49. The first-order valence-electron chi connectivity index (χ1n) is 6.14. The summed E-state index contributed by atoms with van der Waals surface area (Å²) in [6.07, 6.45) is 0. The van der Waals surface area contributed by atoms with Crippen molar-refractivity contribution >= 4 is 11.6 Å². The normalized spacial score (nSPS) is 10.9. The molecule has 0 atom stereocenters. The van der Waals surface area contributed by atoms with Crippen LogP contribution in [0.1, 0.15) is 19.4 Å². The fourth-order valence-electron chi connectivity index (χ4n) is 1.66. The minimum atomic E-state index is -0.161. The Bertz CT molecular complexity index is 605. The van der Waals surface area contributed by atoms with E-state index in [0.717, 1.165) is 11.3 Å². The number of halogens is 1. The molecule has 19 heavy (non-hydrogen) atoms. The van der Waals surface area contributed by atoms with Crippen molar-refractivity contribution in [2.75, 3.05) is 0 Å². The molecule has 0 aliphatic rings. The van der Waals surface area contributed by atoms with Crippen LogP contribution in [-0.4, -0.2) is 16.2 Å². The van der Waals surface area contributed by atoms with Gasteiger partial charge in [-0.25, -0.2) is 5.10 Å². The molecule has 2 aromatic rings. The molecular formula is C14H16ClN3O. The second-order valence-corrected chi connectivity index (χ2v) is 5.09. The number of H-pyrrole nitrogens is 1. The third kappa shape index (κ3) is 3.66. The SMILES string of the molecule is CC(C)NCc1cc(-c2ccc(Cl)cc2)n[nH]c1=O. The first kappa shape index (κ1) is 13.8. The van der Waals surface area contributed by atoms with E-state index in [1.54, 1.807) is 18.2 Å². The van der Waals surface area contributed by atoms with Gasteiger partial charge in [0, 0.05) is 28.7 Å². The van der Waals surface area contributed by atoms with Gasteiger partial charge in [-0.1, -0.05) is 37.6 Å². The third-order valence-corrected chi connectivity index (χ3v) is 2.97. The molecule has 1 heterocycles. The second kappa shape index (κ2) is 5.99. The number of nitrogens with zero attached hydrogens (tertiary/aromatic N) is 1. The van der Waals surface area contributed by atoms with Crippen LogP contribution in [0.25, 0.3) is 11.3 Å². The first-order valence-corrected chi connectivity index (χ1v) is 6.52. The first-order chi connectivity index (χ1) is 9.06. The van der Waals surface area contributed by atoms with Gasteiger partial charge in [-0.05, 0) is 18.2 Å². The Kier molecular flexibility index (Phi) is 4.35. The van der Waals surface area contributed by atoms with Gasteiger partial charge in [0.2, 0.25) is 0 Å². The molecule has 1 aromatic heterocycles. The van der Waals surface area contributed by atoms with Crippen molar-refractivity contribution in [3.05, 3.63) is 51.3 Å². The highest BCUT2D eigenvalue weighted by molar-refractivity contribution is 6.30. The van der Waals surface area contributed by atoms with Gasteiger partial charge >= 0.3 is 0 Å². The Labute approximate surface area is 116 Å². The molecule has 0 saturated carbocycles. The fraction of sp³-hybridized carbons (Fsp3) is 0.286. The summed E-state index contributed by atoms with van der Waals surface area (Å²) < 4.78 is 0. The maximum atomic E-state index is 11.7. The molecule has 0 fully saturated rings. The van der Waals surface area contributed by atoms with E-state index >= 15 is 0 Å². The molecule has 2 rings (SSSR count). The Morgan fingerprint density at radius 2 is 2.00 bits per heavy atom. The largest absolute Gasteiger partial charge is 0.310 e. The summed E-state index contributed by atoms with van der Waals surface area (Å²) in [4.78, 5) is 11.7. The lowest BCUT2D eigenvalue weighted by molar-refractivity contribution is 0.585. The number of aromatic nitrogens is 2. The third-order valence-electron chi connectivity index (χ3n) is 2.72. The predicted octanol–water partition coefficient (Wildman–Crippen LogP) is 2.59. The van der Waals surface area contributed by atoms with Crippen LogP contribution in [0.3, 0.4) is 0 Å². The van der Waals surface area contributed by atoms with Gasteiger partial charge in [0.05, 0.1) is 5.69 Å². The summed E-state index contributed by atoms with van der Waals surface area (Å²) in [5.74, 6) is 0. The second-order valence-electron chi connectivity index (χ2n) is 4.65. The average Bonchev–Trinajstić information content (AvgIpc) is 2.39. The van der Waals surface area contributed by atoms with Gasteiger partial charge in [-0.2, -0.15) is 5.10 Å². The van der Waals surface area contributed by atoms with Crippen molar-refractivity contribution in [2.24, 2.45) is 0 Å². The Morgan fingerprint density at radius 3 is 2.63 bits per heavy atom. The van der Waals surface area contributed by atoms with Crippen molar-refractivity contribution in [1.82, 2.24) is 15.5 Å². The molecule has 0 aliphatic carbocycles. The van der Waals surface area contributed by atoms with E-state index in [1.165, 1.54) is 0 Å². The van der Waals surface area contributed by atoms with Crippen LogP contribution in [0.4, 0.5) is 0 Å². The van der Waals surface area contributed by atoms with Crippen LogP contribution in [0, 0.1) is 0 Å². The quantitative estimate of drug-likeness (QED) is 0.903. The molecule has 2 N–H and O–H groups in total. The molecule has 0 amide bonds. The number of benzene rings is 1. The molecule has 0 saturated heterocycles. The topological polar surface area (TPSA) is 57.8 Å². The molecule has 0 radical (unpaired) electrons. The lowest BCUT2D eigenvalue weighted by Crippen LogP contribution is -2.26. The van der Waals surface area contributed by atoms with E-state index in [9.17, 15) is 4.79 Å². The molecule has 0 bridgehead atoms. The van der Waals surface area contributed by atoms with E-state index < -0.39 is 0 Å². The number of hydrogen-bond donors (Lipinski definition) is 2. The highest BCUT2D eigenvalue weighted by Gasteiger charge is 2.06. The monoisotopic (exact) mass is 277 g/mol. The van der Waals surface area contributed by atoms with Crippen molar-refractivity contribution in [1.29, 1.82) is 0 Å². The summed E-state index contributed by atoms with van der Waals surface area (Å²) in [5, 5.41) is 10.5. The minimum absolute atomic E-state index is 0.161. The Morgan fingerprint density at radius 1 is 1.32 bits per heavy atom. The highest BCUT2D eigenvalue weighted by Crippen LogP contribution is 2.18. The molecule has 0 aliphatic heterocycles. The van der Waals surface area contributed by atoms with Gasteiger partial charge in [0.15, 0.2) is 0 Å². The maximum absolute atomic E-state index is 11.7. The lowest BCUT2D eigenvalue weighted by atomic mass is 10.1.